The summed E-state index contributed by atoms with van der Waals surface area (Å²) in [5, 5.41) is 10.4. The SMILES string of the molecule is CCCc1ccc(C=C(C)C(=O)c2c(O)cc(C(C)CC/C=C/CC(=O)OC)oc2=O)cc1. The van der Waals surface area contributed by atoms with Crippen LogP contribution < -0.4 is 5.63 Å². The van der Waals surface area contributed by atoms with Crippen molar-refractivity contribution in [3.8, 4) is 5.75 Å². The lowest BCUT2D eigenvalue weighted by atomic mass is 9.99. The van der Waals surface area contributed by atoms with E-state index in [-0.39, 0.29) is 29.6 Å². The minimum absolute atomic E-state index is 0.159. The lowest BCUT2D eigenvalue weighted by Crippen LogP contribution is -2.16. The fraction of sp³-hybridized carbons (Fsp3) is 0.370. The predicted octanol–water partition coefficient (Wildman–Crippen LogP) is 5.59. The maximum Gasteiger partial charge on any atom is 0.351 e. The molecule has 6 nitrogen and oxygen atoms in total. The molecule has 2 aromatic rings. The lowest BCUT2D eigenvalue weighted by Gasteiger charge is -2.11. The standard InChI is InChI=1S/C27H32O6/c1-5-9-20-12-14-21(15-13-20)16-19(3)26(30)25-22(28)17-23(33-27(25)31)18(2)10-7-6-8-11-24(29)32-4/h6,8,12-18,28H,5,7,9-11H2,1-4H3/b8-6+,19-16?. The molecule has 1 aromatic carbocycles. The van der Waals surface area contributed by atoms with Gasteiger partial charge < -0.3 is 14.3 Å². The average Bonchev–Trinajstić information content (AvgIpc) is 2.79. The van der Waals surface area contributed by atoms with Gasteiger partial charge in [0.25, 0.3) is 0 Å². The molecule has 0 saturated heterocycles. The molecule has 0 aliphatic heterocycles. The van der Waals surface area contributed by atoms with E-state index in [4.69, 9.17) is 4.42 Å². The number of benzene rings is 1. The largest absolute Gasteiger partial charge is 0.507 e. The molecule has 0 bridgehead atoms. The van der Waals surface area contributed by atoms with Crippen LogP contribution in [0, 0.1) is 0 Å². The van der Waals surface area contributed by atoms with Crippen LogP contribution in [0.1, 0.15) is 79.6 Å². The topological polar surface area (TPSA) is 93.8 Å². The van der Waals surface area contributed by atoms with E-state index in [2.05, 4.69) is 11.7 Å². The highest BCUT2D eigenvalue weighted by Gasteiger charge is 2.22. The van der Waals surface area contributed by atoms with Gasteiger partial charge in [-0.2, -0.15) is 0 Å². The first-order valence-corrected chi connectivity index (χ1v) is 11.2. The lowest BCUT2D eigenvalue weighted by molar-refractivity contribution is -0.139. The summed E-state index contributed by atoms with van der Waals surface area (Å²) < 4.78 is 9.93. The van der Waals surface area contributed by atoms with Crippen molar-refractivity contribution in [1.82, 2.24) is 0 Å². The van der Waals surface area contributed by atoms with Gasteiger partial charge in [-0.05, 0) is 49.0 Å². The third-order valence-corrected chi connectivity index (χ3v) is 5.37. The number of esters is 1. The average molecular weight is 453 g/mol. The van der Waals surface area contributed by atoms with E-state index in [9.17, 15) is 19.5 Å². The number of aromatic hydroxyl groups is 1. The Bertz CT molecular complexity index is 1070. The molecule has 33 heavy (non-hydrogen) atoms. The van der Waals surface area contributed by atoms with Gasteiger partial charge in [0.2, 0.25) is 0 Å². The molecule has 176 valence electrons. The number of aryl methyl sites for hydroxylation is 1. The second kappa shape index (κ2) is 12.6. The molecule has 0 aliphatic carbocycles. The van der Waals surface area contributed by atoms with E-state index in [1.807, 2.05) is 37.3 Å². The molecule has 0 amide bonds. The highest BCUT2D eigenvalue weighted by atomic mass is 16.5. The van der Waals surface area contributed by atoms with Gasteiger partial charge in [-0.1, -0.05) is 56.7 Å². The minimum Gasteiger partial charge on any atom is -0.507 e. The summed E-state index contributed by atoms with van der Waals surface area (Å²) in [5.74, 6) is -1.11. The summed E-state index contributed by atoms with van der Waals surface area (Å²) in [5.41, 5.74) is 1.18. The van der Waals surface area contributed by atoms with Crippen molar-refractivity contribution in [2.45, 2.75) is 58.8 Å². The summed E-state index contributed by atoms with van der Waals surface area (Å²) in [7, 11) is 1.34. The zero-order chi connectivity index (χ0) is 24.4. The van der Waals surface area contributed by atoms with Crippen LogP contribution in [0.25, 0.3) is 6.08 Å². The molecule has 1 N–H and O–H groups in total. The molecule has 2 rings (SSSR count). The molecule has 1 atom stereocenters. The number of allylic oxidation sites excluding steroid dienone is 2. The normalized spacial score (nSPS) is 12.7. The monoisotopic (exact) mass is 452 g/mol. The van der Waals surface area contributed by atoms with E-state index >= 15 is 0 Å². The van der Waals surface area contributed by atoms with Gasteiger partial charge in [0.15, 0.2) is 5.78 Å². The van der Waals surface area contributed by atoms with Crippen molar-refractivity contribution in [2.75, 3.05) is 7.11 Å². The fourth-order valence-electron chi connectivity index (χ4n) is 3.40. The highest BCUT2D eigenvalue weighted by Crippen LogP contribution is 2.26. The smallest absolute Gasteiger partial charge is 0.351 e. The van der Waals surface area contributed by atoms with Gasteiger partial charge in [-0.25, -0.2) is 4.79 Å². The second-order valence-corrected chi connectivity index (χ2v) is 8.07. The van der Waals surface area contributed by atoms with E-state index in [1.54, 1.807) is 19.1 Å². The number of hydrogen-bond acceptors (Lipinski definition) is 6. The predicted molar refractivity (Wildman–Crippen MR) is 128 cm³/mol. The van der Waals surface area contributed by atoms with Gasteiger partial charge in [-0.3, -0.25) is 9.59 Å². The summed E-state index contributed by atoms with van der Waals surface area (Å²) in [6.07, 6.45) is 8.81. The number of ether oxygens (including phenoxy) is 1. The molecule has 0 aliphatic rings. The summed E-state index contributed by atoms with van der Waals surface area (Å²) in [6, 6.07) is 9.22. The Balaban J connectivity index is 2.11. The van der Waals surface area contributed by atoms with Crippen molar-refractivity contribution < 1.29 is 23.8 Å². The van der Waals surface area contributed by atoms with Crippen molar-refractivity contribution >= 4 is 17.8 Å². The van der Waals surface area contributed by atoms with Crippen molar-refractivity contribution in [1.29, 1.82) is 0 Å². The first-order valence-electron chi connectivity index (χ1n) is 11.2. The molecule has 1 unspecified atom stereocenters. The molecular formula is C27H32O6. The van der Waals surface area contributed by atoms with Crippen LogP contribution in [-0.2, 0) is 16.0 Å². The van der Waals surface area contributed by atoms with Crippen molar-refractivity contribution in [3.05, 3.63) is 80.9 Å². The maximum atomic E-state index is 12.8. The Hall–Kier alpha value is -3.41. The summed E-state index contributed by atoms with van der Waals surface area (Å²) in [6.45, 7) is 5.59. The molecule has 0 radical (unpaired) electrons. The van der Waals surface area contributed by atoms with E-state index in [1.165, 1.54) is 18.7 Å². The molecule has 0 spiro atoms. The summed E-state index contributed by atoms with van der Waals surface area (Å²) in [4.78, 5) is 36.5. The van der Waals surface area contributed by atoms with Gasteiger partial charge in [0, 0.05) is 12.0 Å². The van der Waals surface area contributed by atoms with Gasteiger partial charge in [0.05, 0.1) is 13.5 Å². The molecule has 1 aromatic heterocycles. The number of ketones is 1. The van der Waals surface area contributed by atoms with Gasteiger partial charge in [-0.15, -0.1) is 0 Å². The fourth-order valence-corrected chi connectivity index (χ4v) is 3.40. The van der Waals surface area contributed by atoms with Crippen LogP contribution >= 0.6 is 0 Å². The van der Waals surface area contributed by atoms with Crippen LogP contribution in [0.4, 0.5) is 0 Å². The summed E-state index contributed by atoms with van der Waals surface area (Å²) >= 11 is 0. The maximum absolute atomic E-state index is 12.8. The van der Waals surface area contributed by atoms with Crippen LogP contribution in [0.5, 0.6) is 5.75 Å². The van der Waals surface area contributed by atoms with Crippen LogP contribution in [-0.4, -0.2) is 24.0 Å². The van der Waals surface area contributed by atoms with Crippen molar-refractivity contribution in [2.24, 2.45) is 0 Å². The Morgan fingerprint density at radius 1 is 1.18 bits per heavy atom. The second-order valence-electron chi connectivity index (χ2n) is 8.07. The zero-order valence-electron chi connectivity index (χ0n) is 19.7. The van der Waals surface area contributed by atoms with Crippen molar-refractivity contribution in [3.63, 3.8) is 0 Å². The minimum atomic E-state index is -0.853. The van der Waals surface area contributed by atoms with Crippen LogP contribution in [0.15, 0.2) is 57.3 Å². The zero-order valence-corrected chi connectivity index (χ0v) is 19.7. The number of Topliss-reactive ketones (excluding diaryl/α,β-unsaturated/α-hetero) is 1. The number of carbonyl (C=O) groups is 2. The van der Waals surface area contributed by atoms with Crippen LogP contribution in [0.2, 0.25) is 0 Å². The number of carbonyl (C=O) groups excluding carboxylic acids is 2. The van der Waals surface area contributed by atoms with E-state index in [0.29, 0.717) is 24.2 Å². The number of rotatable bonds is 11. The van der Waals surface area contributed by atoms with E-state index < -0.39 is 11.4 Å². The Kier molecular flexibility index (Phi) is 9.85. The third-order valence-electron chi connectivity index (χ3n) is 5.37. The first kappa shape index (κ1) is 25.8. The molecule has 6 heteroatoms. The highest BCUT2D eigenvalue weighted by molar-refractivity contribution is 6.12. The number of methoxy groups -OCH3 is 1. The van der Waals surface area contributed by atoms with Gasteiger partial charge >= 0.3 is 11.6 Å². The Labute approximate surface area is 194 Å². The first-order chi connectivity index (χ1) is 15.8. The Morgan fingerprint density at radius 3 is 2.48 bits per heavy atom. The van der Waals surface area contributed by atoms with Crippen LogP contribution in [0.3, 0.4) is 0 Å². The molecular weight excluding hydrogens is 420 g/mol. The quantitative estimate of drug-likeness (QED) is 0.207. The van der Waals surface area contributed by atoms with E-state index in [0.717, 1.165) is 18.4 Å². The molecule has 1 heterocycles. The molecule has 0 saturated carbocycles. The number of hydrogen-bond donors (Lipinski definition) is 1. The third kappa shape index (κ3) is 7.59. The molecule has 0 fully saturated rings. The Morgan fingerprint density at radius 2 is 1.88 bits per heavy atom. The van der Waals surface area contributed by atoms with Gasteiger partial charge in [0.1, 0.15) is 17.1 Å².